The first-order chi connectivity index (χ1) is 11.6. The molecule has 3 amide bonds. The normalized spacial score (nSPS) is 23.2. The quantitative estimate of drug-likeness (QED) is 0.663. The van der Waals surface area contributed by atoms with Crippen molar-refractivity contribution < 1.29 is 19.1 Å². The lowest BCUT2D eigenvalue weighted by Crippen LogP contribution is -2.58. The number of anilines is 1. The summed E-state index contributed by atoms with van der Waals surface area (Å²) in [6.45, 7) is 5.44. The lowest BCUT2D eigenvalue weighted by Gasteiger charge is -2.37. The lowest BCUT2D eigenvalue weighted by molar-refractivity contribution is -0.145. The lowest BCUT2D eigenvalue weighted by atomic mass is 9.74. The van der Waals surface area contributed by atoms with Crippen molar-refractivity contribution in [2.45, 2.75) is 44.6 Å². The fourth-order valence-electron chi connectivity index (χ4n) is 3.53. The van der Waals surface area contributed by atoms with Crippen LogP contribution >= 0.6 is 11.6 Å². The second kappa shape index (κ2) is 5.73. The fraction of sp³-hybridized carbons (Fsp3) is 0.500. The highest BCUT2D eigenvalue weighted by atomic mass is 35.5. The zero-order valence-electron chi connectivity index (χ0n) is 14.8. The van der Waals surface area contributed by atoms with Crippen LogP contribution in [0.25, 0.3) is 0 Å². The molecule has 0 saturated carbocycles. The highest BCUT2D eigenvalue weighted by Gasteiger charge is 2.59. The maximum absolute atomic E-state index is 13.2. The molecule has 2 aliphatic rings. The molecule has 3 rings (SSSR count). The standard InChI is InChI=1S/C18H21ClN2O4/c1-17(2,3)25-16(24)21-9-5-8-18(15(21)23)12-10-11(19)6-7-13(12)20(4)14(18)22/h6-7,10H,5,8-9H2,1-4H3. The molecule has 1 atom stereocenters. The van der Waals surface area contributed by atoms with Gasteiger partial charge in [0.1, 0.15) is 5.60 Å². The van der Waals surface area contributed by atoms with Crippen molar-refractivity contribution in [3.63, 3.8) is 0 Å². The van der Waals surface area contributed by atoms with E-state index >= 15 is 0 Å². The Morgan fingerprint density at radius 2 is 1.92 bits per heavy atom. The van der Waals surface area contributed by atoms with Crippen molar-refractivity contribution in [2.75, 3.05) is 18.5 Å². The number of piperidine rings is 1. The zero-order valence-corrected chi connectivity index (χ0v) is 15.5. The largest absolute Gasteiger partial charge is 0.443 e. The summed E-state index contributed by atoms with van der Waals surface area (Å²) in [5.74, 6) is -0.867. The Labute approximate surface area is 151 Å². The second-order valence-electron chi connectivity index (χ2n) is 7.47. The summed E-state index contributed by atoms with van der Waals surface area (Å²) in [6.07, 6.45) is 0.153. The molecular weight excluding hydrogens is 344 g/mol. The summed E-state index contributed by atoms with van der Waals surface area (Å²) in [5.41, 5.74) is -0.913. The third-order valence-electron chi connectivity index (χ3n) is 4.61. The molecule has 7 heteroatoms. The monoisotopic (exact) mass is 364 g/mol. The summed E-state index contributed by atoms with van der Waals surface area (Å²) >= 11 is 6.11. The Balaban J connectivity index is 2.05. The third kappa shape index (κ3) is 2.68. The number of hydrogen-bond acceptors (Lipinski definition) is 4. The number of imide groups is 1. The van der Waals surface area contributed by atoms with Gasteiger partial charge in [-0.3, -0.25) is 9.59 Å². The van der Waals surface area contributed by atoms with Crippen molar-refractivity contribution in [3.8, 4) is 0 Å². The molecule has 1 unspecified atom stereocenters. The number of rotatable bonds is 0. The first kappa shape index (κ1) is 17.7. The molecule has 2 aliphatic heterocycles. The average molecular weight is 365 g/mol. The molecule has 0 aromatic heterocycles. The third-order valence-corrected chi connectivity index (χ3v) is 4.84. The second-order valence-corrected chi connectivity index (χ2v) is 7.91. The van der Waals surface area contributed by atoms with Crippen LogP contribution in [-0.4, -0.2) is 42.0 Å². The van der Waals surface area contributed by atoms with Crippen LogP contribution in [0.1, 0.15) is 39.2 Å². The van der Waals surface area contributed by atoms with E-state index in [-0.39, 0.29) is 12.5 Å². The number of likely N-dealkylation sites (N-methyl/N-ethyl adjacent to an activating group) is 1. The Morgan fingerprint density at radius 1 is 1.24 bits per heavy atom. The smallest absolute Gasteiger partial charge is 0.417 e. The molecular formula is C18H21ClN2O4. The molecule has 0 aliphatic carbocycles. The van der Waals surface area contributed by atoms with Gasteiger partial charge < -0.3 is 9.64 Å². The van der Waals surface area contributed by atoms with E-state index < -0.39 is 23.0 Å². The van der Waals surface area contributed by atoms with Gasteiger partial charge in [0.15, 0.2) is 5.41 Å². The van der Waals surface area contributed by atoms with Crippen molar-refractivity contribution in [1.82, 2.24) is 4.90 Å². The van der Waals surface area contributed by atoms with Crippen LogP contribution in [0.2, 0.25) is 5.02 Å². The van der Waals surface area contributed by atoms with E-state index in [1.54, 1.807) is 46.0 Å². The molecule has 0 radical (unpaired) electrons. The Bertz CT molecular complexity index is 771. The van der Waals surface area contributed by atoms with Gasteiger partial charge in [-0.2, -0.15) is 0 Å². The minimum Gasteiger partial charge on any atom is -0.443 e. The molecule has 1 aromatic rings. The molecule has 0 bridgehead atoms. The SMILES string of the molecule is CN1C(=O)C2(CCCN(C(=O)OC(C)(C)C)C2=O)c2cc(Cl)ccc21. The number of carbonyl (C=O) groups is 3. The van der Waals surface area contributed by atoms with Gasteiger partial charge in [0.05, 0.1) is 0 Å². The maximum Gasteiger partial charge on any atom is 0.417 e. The fourth-order valence-corrected chi connectivity index (χ4v) is 3.71. The number of halogens is 1. The van der Waals surface area contributed by atoms with Crippen LogP contribution in [0.15, 0.2) is 18.2 Å². The number of benzene rings is 1. The van der Waals surface area contributed by atoms with E-state index in [0.29, 0.717) is 29.1 Å². The minimum atomic E-state index is -1.40. The summed E-state index contributed by atoms with van der Waals surface area (Å²) in [4.78, 5) is 41.2. The molecule has 6 nitrogen and oxygen atoms in total. The first-order valence-corrected chi connectivity index (χ1v) is 8.59. The number of fused-ring (bicyclic) bond motifs is 2. The molecule has 2 heterocycles. The number of nitrogens with zero attached hydrogens (tertiary/aromatic N) is 2. The molecule has 0 N–H and O–H groups in total. The molecule has 1 aromatic carbocycles. The minimum absolute atomic E-state index is 0.238. The van der Waals surface area contributed by atoms with Gasteiger partial charge in [0.25, 0.3) is 5.91 Å². The summed E-state index contributed by atoms with van der Waals surface area (Å²) in [7, 11) is 1.63. The number of likely N-dealkylation sites (tertiary alicyclic amines) is 1. The van der Waals surface area contributed by atoms with Gasteiger partial charge in [-0.25, -0.2) is 9.69 Å². The topological polar surface area (TPSA) is 66.9 Å². The van der Waals surface area contributed by atoms with Crippen LogP contribution in [-0.2, 0) is 19.7 Å². The van der Waals surface area contributed by atoms with Crippen molar-refractivity contribution >= 4 is 35.2 Å². The predicted molar refractivity (Wildman–Crippen MR) is 93.7 cm³/mol. The van der Waals surface area contributed by atoms with Gasteiger partial charge in [-0.05, 0) is 51.8 Å². The van der Waals surface area contributed by atoms with Crippen molar-refractivity contribution in [3.05, 3.63) is 28.8 Å². The van der Waals surface area contributed by atoms with Crippen LogP contribution in [0.4, 0.5) is 10.5 Å². The van der Waals surface area contributed by atoms with Gasteiger partial charge in [-0.15, -0.1) is 0 Å². The maximum atomic E-state index is 13.2. The van der Waals surface area contributed by atoms with E-state index in [2.05, 4.69) is 0 Å². The summed E-state index contributed by atoms with van der Waals surface area (Å²) in [6, 6.07) is 5.06. The highest BCUT2D eigenvalue weighted by Crippen LogP contribution is 2.48. The molecule has 25 heavy (non-hydrogen) atoms. The van der Waals surface area contributed by atoms with E-state index in [1.807, 2.05) is 0 Å². The number of ether oxygens (including phenoxy) is 1. The highest BCUT2D eigenvalue weighted by molar-refractivity contribution is 6.31. The number of amides is 3. The van der Waals surface area contributed by atoms with Gasteiger partial charge >= 0.3 is 6.09 Å². The molecule has 1 saturated heterocycles. The van der Waals surface area contributed by atoms with Crippen LogP contribution in [0, 0.1) is 0 Å². The van der Waals surface area contributed by atoms with Crippen LogP contribution in [0.5, 0.6) is 0 Å². The Morgan fingerprint density at radius 3 is 2.56 bits per heavy atom. The van der Waals surface area contributed by atoms with Gasteiger partial charge in [0.2, 0.25) is 5.91 Å². The van der Waals surface area contributed by atoms with Crippen molar-refractivity contribution in [1.29, 1.82) is 0 Å². The van der Waals surface area contributed by atoms with Crippen molar-refractivity contribution in [2.24, 2.45) is 0 Å². The molecule has 1 fully saturated rings. The Kier molecular flexibility index (Phi) is 4.06. The van der Waals surface area contributed by atoms with Gasteiger partial charge in [0, 0.05) is 29.9 Å². The van der Waals surface area contributed by atoms with E-state index in [4.69, 9.17) is 16.3 Å². The molecule has 134 valence electrons. The summed E-state index contributed by atoms with van der Waals surface area (Å²) in [5, 5.41) is 0.448. The predicted octanol–water partition coefficient (Wildman–Crippen LogP) is 3.11. The Hall–Kier alpha value is -2.08. The number of hydrogen-bond donors (Lipinski definition) is 0. The van der Waals surface area contributed by atoms with E-state index in [0.717, 1.165) is 4.90 Å². The average Bonchev–Trinajstić information content (AvgIpc) is 2.71. The van der Waals surface area contributed by atoms with E-state index in [1.165, 1.54) is 4.90 Å². The van der Waals surface area contributed by atoms with Crippen LogP contribution in [0.3, 0.4) is 0 Å². The van der Waals surface area contributed by atoms with Crippen LogP contribution < -0.4 is 4.90 Å². The zero-order chi connectivity index (χ0) is 18.6. The first-order valence-electron chi connectivity index (χ1n) is 8.21. The molecule has 1 spiro atoms. The summed E-state index contributed by atoms with van der Waals surface area (Å²) < 4.78 is 5.34. The number of carbonyl (C=O) groups excluding carboxylic acids is 3. The van der Waals surface area contributed by atoms with Gasteiger partial charge in [-0.1, -0.05) is 11.6 Å². The van der Waals surface area contributed by atoms with E-state index in [9.17, 15) is 14.4 Å².